The molecule has 5 nitrogen and oxygen atoms in total. The van der Waals surface area contributed by atoms with Crippen molar-refractivity contribution in [3.8, 4) is 0 Å². The third-order valence-corrected chi connectivity index (χ3v) is 3.44. The Bertz CT molecular complexity index is 651. The minimum Gasteiger partial charge on any atom is -0.395 e. The van der Waals surface area contributed by atoms with Gasteiger partial charge in [-0.05, 0) is 43.0 Å². The number of halogens is 1. The van der Waals surface area contributed by atoms with Crippen LogP contribution in [0.1, 0.15) is 34.2 Å². The molecule has 2 rings (SSSR count). The topological polar surface area (TPSA) is 83.8 Å². The Morgan fingerprint density at radius 3 is 2.86 bits per heavy atom. The SMILES string of the molecule is CCc1[nH]nc(C(=O)NCCc2ccc(F)cc2C)c1N. The van der Waals surface area contributed by atoms with Gasteiger partial charge >= 0.3 is 0 Å². The lowest BCUT2D eigenvalue weighted by Gasteiger charge is -2.07. The zero-order valence-electron chi connectivity index (χ0n) is 12.2. The number of aryl methyl sites for hydroxylation is 2. The van der Waals surface area contributed by atoms with Gasteiger partial charge < -0.3 is 11.1 Å². The minimum absolute atomic E-state index is 0.225. The van der Waals surface area contributed by atoms with Gasteiger partial charge in [-0.1, -0.05) is 13.0 Å². The standard InChI is InChI=1S/C15H19FN4O/c1-3-12-13(17)14(20-19-12)15(21)18-7-6-10-4-5-11(16)8-9(10)2/h4-5,8H,3,6-7,17H2,1-2H3,(H,18,21)(H,19,20). The Labute approximate surface area is 122 Å². The number of nitrogens with zero attached hydrogens (tertiary/aromatic N) is 1. The number of aromatic amines is 1. The van der Waals surface area contributed by atoms with E-state index in [2.05, 4.69) is 15.5 Å². The predicted octanol–water partition coefficient (Wildman–Crippen LogP) is 1.97. The summed E-state index contributed by atoms with van der Waals surface area (Å²) in [6.07, 6.45) is 1.32. The van der Waals surface area contributed by atoms with Crippen molar-refractivity contribution in [3.63, 3.8) is 0 Å². The molecule has 0 saturated heterocycles. The van der Waals surface area contributed by atoms with Crippen LogP contribution in [0.25, 0.3) is 0 Å². The van der Waals surface area contributed by atoms with Crippen LogP contribution < -0.4 is 11.1 Å². The summed E-state index contributed by atoms with van der Waals surface area (Å²) in [5, 5.41) is 9.45. The van der Waals surface area contributed by atoms with Crippen LogP contribution in [0, 0.1) is 12.7 Å². The molecule has 21 heavy (non-hydrogen) atoms. The van der Waals surface area contributed by atoms with Crippen LogP contribution in [-0.4, -0.2) is 22.6 Å². The molecular formula is C15H19FN4O. The maximum Gasteiger partial charge on any atom is 0.273 e. The molecule has 0 saturated carbocycles. The van der Waals surface area contributed by atoms with Gasteiger partial charge in [-0.25, -0.2) is 4.39 Å². The second-order valence-electron chi connectivity index (χ2n) is 4.89. The van der Waals surface area contributed by atoms with Gasteiger partial charge in [0.25, 0.3) is 5.91 Å². The molecule has 6 heteroatoms. The molecule has 4 N–H and O–H groups in total. The van der Waals surface area contributed by atoms with E-state index in [4.69, 9.17) is 5.73 Å². The fraction of sp³-hybridized carbons (Fsp3) is 0.333. The number of hydrogen-bond acceptors (Lipinski definition) is 3. The summed E-state index contributed by atoms with van der Waals surface area (Å²) >= 11 is 0. The van der Waals surface area contributed by atoms with E-state index in [9.17, 15) is 9.18 Å². The van der Waals surface area contributed by atoms with Crippen molar-refractivity contribution in [2.45, 2.75) is 26.7 Å². The lowest BCUT2D eigenvalue weighted by Crippen LogP contribution is -2.27. The summed E-state index contributed by atoms with van der Waals surface area (Å²) in [7, 11) is 0. The van der Waals surface area contributed by atoms with Gasteiger partial charge in [0.1, 0.15) is 5.82 Å². The van der Waals surface area contributed by atoms with E-state index < -0.39 is 0 Å². The molecular weight excluding hydrogens is 271 g/mol. The molecule has 2 aromatic rings. The summed E-state index contributed by atoms with van der Waals surface area (Å²) in [4.78, 5) is 12.0. The smallest absolute Gasteiger partial charge is 0.273 e. The number of benzene rings is 1. The number of rotatable bonds is 5. The Balaban J connectivity index is 1.93. The second-order valence-corrected chi connectivity index (χ2v) is 4.89. The average molecular weight is 290 g/mol. The molecule has 0 spiro atoms. The first-order valence-corrected chi connectivity index (χ1v) is 6.88. The third-order valence-electron chi connectivity index (χ3n) is 3.44. The summed E-state index contributed by atoms with van der Waals surface area (Å²) in [6.45, 7) is 4.22. The molecule has 0 aliphatic carbocycles. The number of carbonyl (C=O) groups excluding carboxylic acids is 1. The molecule has 0 aliphatic rings. The van der Waals surface area contributed by atoms with Gasteiger partial charge in [0.2, 0.25) is 0 Å². The van der Waals surface area contributed by atoms with E-state index in [0.717, 1.165) is 16.8 Å². The fourth-order valence-corrected chi connectivity index (χ4v) is 2.16. The molecule has 0 fully saturated rings. The van der Waals surface area contributed by atoms with Crippen LogP contribution in [0.15, 0.2) is 18.2 Å². The van der Waals surface area contributed by atoms with E-state index in [1.807, 2.05) is 13.8 Å². The largest absolute Gasteiger partial charge is 0.395 e. The van der Waals surface area contributed by atoms with Crippen LogP contribution in [-0.2, 0) is 12.8 Å². The van der Waals surface area contributed by atoms with Crippen LogP contribution in [0.3, 0.4) is 0 Å². The highest BCUT2D eigenvalue weighted by Gasteiger charge is 2.15. The number of nitrogen functional groups attached to an aromatic ring is 1. The fourth-order valence-electron chi connectivity index (χ4n) is 2.16. The zero-order chi connectivity index (χ0) is 15.4. The second kappa shape index (κ2) is 6.39. The molecule has 1 heterocycles. The van der Waals surface area contributed by atoms with Gasteiger partial charge in [0.15, 0.2) is 5.69 Å². The summed E-state index contributed by atoms with van der Waals surface area (Å²) in [5.74, 6) is -0.556. The zero-order valence-corrected chi connectivity index (χ0v) is 12.2. The van der Waals surface area contributed by atoms with E-state index in [1.165, 1.54) is 12.1 Å². The molecule has 1 aromatic carbocycles. The average Bonchev–Trinajstić information content (AvgIpc) is 2.82. The maximum absolute atomic E-state index is 13.0. The minimum atomic E-state index is -0.303. The molecule has 0 unspecified atom stereocenters. The number of amides is 1. The van der Waals surface area contributed by atoms with Crippen molar-refractivity contribution in [2.24, 2.45) is 0 Å². The molecule has 1 amide bonds. The lowest BCUT2D eigenvalue weighted by atomic mass is 10.1. The first-order chi connectivity index (χ1) is 10.0. The Kier molecular flexibility index (Phi) is 4.57. The molecule has 112 valence electrons. The Morgan fingerprint density at radius 2 is 2.24 bits per heavy atom. The van der Waals surface area contributed by atoms with Gasteiger partial charge in [0.05, 0.1) is 11.4 Å². The first-order valence-electron chi connectivity index (χ1n) is 6.88. The molecule has 0 radical (unpaired) electrons. The van der Waals surface area contributed by atoms with E-state index >= 15 is 0 Å². The van der Waals surface area contributed by atoms with Crippen molar-refractivity contribution < 1.29 is 9.18 Å². The number of anilines is 1. The van der Waals surface area contributed by atoms with Crippen molar-refractivity contribution in [2.75, 3.05) is 12.3 Å². The highest BCUT2D eigenvalue weighted by atomic mass is 19.1. The molecule has 0 bridgehead atoms. The van der Waals surface area contributed by atoms with Crippen molar-refractivity contribution in [3.05, 3.63) is 46.5 Å². The van der Waals surface area contributed by atoms with Crippen LogP contribution in [0.4, 0.5) is 10.1 Å². The van der Waals surface area contributed by atoms with Crippen LogP contribution in [0.2, 0.25) is 0 Å². The third kappa shape index (κ3) is 3.39. The molecule has 1 aromatic heterocycles. The van der Waals surface area contributed by atoms with Crippen molar-refractivity contribution >= 4 is 11.6 Å². The van der Waals surface area contributed by atoms with E-state index in [0.29, 0.717) is 25.1 Å². The molecule has 0 atom stereocenters. The number of carbonyl (C=O) groups is 1. The number of hydrogen-bond donors (Lipinski definition) is 3. The number of aromatic nitrogens is 2. The summed E-state index contributed by atoms with van der Waals surface area (Å²) in [5.41, 5.74) is 9.09. The van der Waals surface area contributed by atoms with Gasteiger partial charge in [0, 0.05) is 6.54 Å². The monoisotopic (exact) mass is 290 g/mol. The number of nitrogens with one attached hydrogen (secondary N) is 2. The summed E-state index contributed by atoms with van der Waals surface area (Å²) < 4.78 is 13.0. The van der Waals surface area contributed by atoms with Gasteiger partial charge in [-0.2, -0.15) is 5.10 Å². The van der Waals surface area contributed by atoms with Crippen molar-refractivity contribution in [1.82, 2.24) is 15.5 Å². The Morgan fingerprint density at radius 1 is 1.48 bits per heavy atom. The van der Waals surface area contributed by atoms with E-state index in [-0.39, 0.29) is 17.4 Å². The predicted molar refractivity (Wildman–Crippen MR) is 79.6 cm³/mol. The highest BCUT2D eigenvalue weighted by Crippen LogP contribution is 2.14. The van der Waals surface area contributed by atoms with Gasteiger partial charge in [-0.15, -0.1) is 0 Å². The normalized spacial score (nSPS) is 10.6. The van der Waals surface area contributed by atoms with Gasteiger partial charge in [-0.3, -0.25) is 9.89 Å². The molecule has 0 aliphatic heterocycles. The quantitative estimate of drug-likeness (QED) is 0.787. The first kappa shape index (κ1) is 15.0. The number of nitrogens with two attached hydrogens (primary N) is 1. The number of H-pyrrole nitrogens is 1. The highest BCUT2D eigenvalue weighted by molar-refractivity contribution is 5.97. The maximum atomic E-state index is 13.0. The van der Waals surface area contributed by atoms with Crippen molar-refractivity contribution in [1.29, 1.82) is 0 Å². The lowest BCUT2D eigenvalue weighted by molar-refractivity contribution is 0.0950. The van der Waals surface area contributed by atoms with Crippen LogP contribution >= 0.6 is 0 Å². The Hall–Kier alpha value is -2.37. The summed E-state index contributed by atoms with van der Waals surface area (Å²) in [6, 6.07) is 4.63. The van der Waals surface area contributed by atoms with Crippen LogP contribution in [0.5, 0.6) is 0 Å². The van der Waals surface area contributed by atoms with E-state index in [1.54, 1.807) is 6.07 Å².